The number of rotatable bonds is 8. The van der Waals surface area contributed by atoms with Crippen molar-refractivity contribution in [3.8, 4) is 5.75 Å². The Morgan fingerprint density at radius 2 is 1.79 bits per heavy atom. The van der Waals surface area contributed by atoms with E-state index in [1.54, 1.807) is 13.8 Å². The van der Waals surface area contributed by atoms with Crippen LogP contribution in [0.2, 0.25) is 5.02 Å². The van der Waals surface area contributed by atoms with Gasteiger partial charge in [0.1, 0.15) is 5.75 Å². The molecule has 0 saturated carbocycles. The Labute approximate surface area is 176 Å². The van der Waals surface area contributed by atoms with Gasteiger partial charge in [-0.15, -0.1) is 0 Å². The second kappa shape index (κ2) is 9.91. The summed E-state index contributed by atoms with van der Waals surface area (Å²) in [6.45, 7) is 0.679. The Balaban J connectivity index is 2.33. The number of benzene rings is 2. The van der Waals surface area contributed by atoms with Crippen molar-refractivity contribution in [1.29, 1.82) is 0 Å². The summed E-state index contributed by atoms with van der Waals surface area (Å²) < 4.78 is 55.1. The van der Waals surface area contributed by atoms with Gasteiger partial charge in [0.15, 0.2) is 0 Å². The first-order valence-electron chi connectivity index (χ1n) is 8.45. The smallest absolute Gasteiger partial charge is 0.416 e. The number of anilines is 1. The van der Waals surface area contributed by atoms with E-state index in [0.717, 1.165) is 12.1 Å². The molecule has 0 radical (unpaired) electrons. The van der Waals surface area contributed by atoms with Crippen molar-refractivity contribution < 1.29 is 31.5 Å². The maximum absolute atomic E-state index is 12.9. The van der Waals surface area contributed by atoms with E-state index < -0.39 is 24.4 Å². The van der Waals surface area contributed by atoms with E-state index in [4.69, 9.17) is 37.0 Å². The van der Waals surface area contributed by atoms with Crippen LogP contribution in [0.1, 0.15) is 29.8 Å². The van der Waals surface area contributed by atoms with Gasteiger partial charge in [-0.3, -0.25) is 13.8 Å². The van der Waals surface area contributed by atoms with E-state index in [9.17, 15) is 18.0 Å². The Kier molecular flexibility index (Phi) is 8.08. The number of alkyl halides is 3. The maximum Gasteiger partial charge on any atom is 0.416 e. The zero-order chi connectivity index (χ0) is 21.7. The highest BCUT2D eigenvalue weighted by atomic mass is 35.5. The highest BCUT2D eigenvalue weighted by molar-refractivity contribution is 8.07. The van der Waals surface area contributed by atoms with Crippen molar-refractivity contribution in [2.45, 2.75) is 20.0 Å². The molecule has 0 saturated heterocycles. The topological polar surface area (TPSA) is 56.8 Å². The molecule has 2 rings (SSSR count). The number of nitrogens with one attached hydrogen (secondary N) is 1. The van der Waals surface area contributed by atoms with Gasteiger partial charge in [0.25, 0.3) is 5.91 Å². The van der Waals surface area contributed by atoms with E-state index >= 15 is 0 Å². The van der Waals surface area contributed by atoms with E-state index in [1.165, 1.54) is 30.3 Å². The largest absolute Gasteiger partial charge is 0.423 e. The zero-order valence-corrected chi connectivity index (χ0v) is 17.9. The molecule has 0 aliphatic carbocycles. The molecule has 0 atom stereocenters. The maximum atomic E-state index is 12.9. The van der Waals surface area contributed by atoms with Gasteiger partial charge in [-0.1, -0.05) is 17.7 Å². The lowest BCUT2D eigenvalue weighted by Crippen LogP contribution is -2.15. The third-order valence-electron chi connectivity index (χ3n) is 3.42. The summed E-state index contributed by atoms with van der Waals surface area (Å²) in [6, 6.07) is 8.46. The molecule has 1 amide bonds. The van der Waals surface area contributed by atoms with Gasteiger partial charge in [-0.05, 0) is 44.2 Å². The fraction of sp³-hybridized carbons (Fsp3) is 0.278. The first-order chi connectivity index (χ1) is 13.6. The Morgan fingerprint density at radius 3 is 2.38 bits per heavy atom. The van der Waals surface area contributed by atoms with Gasteiger partial charge in [0.05, 0.1) is 24.3 Å². The number of hydrogen-bond donors (Lipinski definition) is 1. The molecule has 0 spiro atoms. The van der Waals surface area contributed by atoms with Gasteiger partial charge in [0.2, 0.25) is 0 Å². The van der Waals surface area contributed by atoms with Gasteiger partial charge in [0, 0.05) is 28.6 Å². The van der Waals surface area contributed by atoms with E-state index in [0.29, 0.717) is 0 Å². The zero-order valence-electron chi connectivity index (χ0n) is 15.5. The number of halogens is 4. The Morgan fingerprint density at radius 1 is 1.14 bits per heavy atom. The molecule has 0 heterocycles. The first kappa shape index (κ1) is 23.6. The van der Waals surface area contributed by atoms with Crippen molar-refractivity contribution in [2.75, 3.05) is 18.5 Å². The molecule has 0 unspecified atom stereocenters. The van der Waals surface area contributed by atoms with Crippen LogP contribution in [0.15, 0.2) is 42.5 Å². The fourth-order valence-corrected chi connectivity index (χ4v) is 4.50. The third kappa shape index (κ3) is 6.69. The van der Waals surface area contributed by atoms with Gasteiger partial charge < -0.3 is 9.84 Å². The average molecular weight is 468 g/mol. The van der Waals surface area contributed by atoms with Crippen LogP contribution in [0.3, 0.4) is 0 Å². The molecule has 1 N–H and O–H groups in total. The van der Waals surface area contributed by atoms with Crippen LogP contribution >= 0.6 is 18.3 Å². The quantitative estimate of drug-likeness (QED) is 0.462. The molecule has 158 valence electrons. The predicted molar refractivity (Wildman–Crippen MR) is 109 cm³/mol. The molecule has 5 nitrogen and oxygen atoms in total. The minimum atomic E-state index is -4.53. The molecule has 2 aromatic carbocycles. The normalized spacial score (nSPS) is 11.9. The minimum Gasteiger partial charge on any atom is -0.423 e. The van der Waals surface area contributed by atoms with E-state index in [2.05, 4.69) is 5.32 Å². The second-order valence-corrected chi connectivity index (χ2v) is 8.92. The minimum absolute atomic E-state index is 0.00668. The molecule has 11 heteroatoms. The molecular weight excluding hydrogens is 450 g/mol. The number of amides is 1. The van der Waals surface area contributed by atoms with Crippen molar-refractivity contribution in [2.24, 2.45) is 0 Å². The summed E-state index contributed by atoms with van der Waals surface area (Å²) in [5.41, 5.74) is -0.897. The predicted octanol–water partition coefficient (Wildman–Crippen LogP) is 6.29. The SMILES string of the molecule is CCOP(=S)(OCC)Oc1cc(Cl)ccc1C(=O)Nc1cccc(C(F)(F)F)c1. The van der Waals surface area contributed by atoms with Crippen LogP contribution in [-0.4, -0.2) is 19.1 Å². The summed E-state index contributed by atoms with van der Waals surface area (Å²) in [5, 5.41) is 2.68. The standard InChI is InChI=1S/C18H18ClF3NO4PS/c1-3-25-28(29,26-4-2)27-16-11-13(19)8-9-15(16)17(24)23-14-7-5-6-12(10-14)18(20,21)22/h5-11H,3-4H2,1-2H3,(H,23,24). The summed E-state index contributed by atoms with van der Waals surface area (Å²) >= 11 is 11.3. The van der Waals surface area contributed by atoms with Crippen molar-refractivity contribution in [3.05, 3.63) is 58.6 Å². The highest BCUT2D eigenvalue weighted by Gasteiger charge is 2.31. The lowest BCUT2D eigenvalue weighted by Gasteiger charge is -2.22. The van der Waals surface area contributed by atoms with Crippen LogP contribution in [0.5, 0.6) is 5.75 Å². The molecule has 0 aliphatic rings. The number of hydrogen-bond acceptors (Lipinski definition) is 5. The van der Waals surface area contributed by atoms with Crippen molar-refractivity contribution in [1.82, 2.24) is 0 Å². The second-order valence-electron chi connectivity index (χ2n) is 5.55. The van der Waals surface area contributed by atoms with Gasteiger partial charge in [-0.2, -0.15) is 13.2 Å². The van der Waals surface area contributed by atoms with Gasteiger partial charge >= 0.3 is 12.9 Å². The summed E-state index contributed by atoms with van der Waals surface area (Å²) in [5.74, 6) is -0.697. The van der Waals surface area contributed by atoms with Gasteiger partial charge in [-0.25, -0.2) is 0 Å². The molecular formula is C18H18ClF3NO4PS. The summed E-state index contributed by atoms with van der Waals surface area (Å²) in [6.07, 6.45) is -4.53. The molecule has 0 aromatic heterocycles. The van der Waals surface area contributed by atoms with Crippen LogP contribution in [0.25, 0.3) is 0 Å². The van der Waals surface area contributed by atoms with Crippen LogP contribution in [-0.2, 0) is 27.0 Å². The Bertz CT molecular complexity index is 916. The molecule has 0 bridgehead atoms. The molecule has 29 heavy (non-hydrogen) atoms. The van der Waals surface area contributed by atoms with Crippen LogP contribution in [0, 0.1) is 0 Å². The summed E-state index contributed by atoms with van der Waals surface area (Å²) in [7, 11) is 0. The third-order valence-corrected chi connectivity index (χ3v) is 6.08. The monoisotopic (exact) mass is 467 g/mol. The van der Waals surface area contributed by atoms with E-state index in [1.807, 2.05) is 0 Å². The lowest BCUT2D eigenvalue weighted by atomic mass is 10.1. The van der Waals surface area contributed by atoms with E-state index in [-0.39, 0.29) is 35.2 Å². The molecule has 0 aliphatic heterocycles. The molecule has 2 aromatic rings. The first-order valence-corrected chi connectivity index (χ1v) is 11.4. The fourth-order valence-electron chi connectivity index (χ4n) is 2.26. The molecule has 0 fully saturated rings. The summed E-state index contributed by atoms with van der Waals surface area (Å²) in [4.78, 5) is 12.7. The lowest BCUT2D eigenvalue weighted by molar-refractivity contribution is -0.137. The number of carbonyl (C=O) groups excluding carboxylic acids is 1. The van der Waals surface area contributed by atoms with Crippen molar-refractivity contribution >= 4 is 41.7 Å². The average Bonchev–Trinajstić information content (AvgIpc) is 2.61. The number of carbonyl (C=O) groups is 1. The Hall–Kier alpha value is -1.64. The van der Waals surface area contributed by atoms with Crippen LogP contribution in [0.4, 0.5) is 18.9 Å². The van der Waals surface area contributed by atoms with Crippen molar-refractivity contribution in [3.63, 3.8) is 0 Å². The van der Waals surface area contributed by atoms with Crippen LogP contribution < -0.4 is 9.84 Å². The highest BCUT2D eigenvalue weighted by Crippen LogP contribution is 2.50.